The molecule has 0 aromatic carbocycles. The van der Waals surface area contributed by atoms with Gasteiger partial charge in [-0.15, -0.1) is 0 Å². The van der Waals surface area contributed by atoms with Gasteiger partial charge in [0, 0.05) is 46.2 Å². The fourth-order valence-corrected chi connectivity index (χ4v) is 3.83. The summed E-state index contributed by atoms with van der Waals surface area (Å²) in [7, 11) is -0.271. The van der Waals surface area contributed by atoms with E-state index in [9.17, 15) is 13.2 Å². The number of hydrogen-bond donors (Lipinski definition) is 0. The number of hydrogen-bond acceptors (Lipinski definition) is 3. The zero-order chi connectivity index (χ0) is 16.0. The third kappa shape index (κ3) is 4.66. The van der Waals surface area contributed by atoms with Crippen LogP contribution in [0.3, 0.4) is 0 Å². The average Bonchev–Trinajstić information content (AvgIpc) is 2.46. The molecule has 0 radical (unpaired) electrons. The second-order valence-corrected chi connectivity index (χ2v) is 7.93. The Morgan fingerprint density at radius 3 is 1.95 bits per heavy atom. The predicted octanol–water partition coefficient (Wildman–Crippen LogP) is 1.15. The molecule has 0 unspecified atom stereocenters. The van der Waals surface area contributed by atoms with Crippen LogP contribution in [-0.2, 0) is 15.0 Å². The van der Waals surface area contributed by atoms with Gasteiger partial charge in [0.05, 0.1) is 0 Å². The van der Waals surface area contributed by atoms with Gasteiger partial charge in [-0.1, -0.05) is 13.8 Å². The van der Waals surface area contributed by atoms with E-state index in [-0.39, 0.29) is 11.8 Å². The number of carbonyl (C=O) groups excluding carboxylic acids is 1. The molecule has 1 rings (SSSR count). The van der Waals surface area contributed by atoms with Crippen molar-refractivity contribution in [3.63, 3.8) is 0 Å². The maximum absolute atomic E-state index is 12.5. The number of piperidine rings is 1. The van der Waals surface area contributed by atoms with Crippen LogP contribution in [0, 0.1) is 5.92 Å². The Bertz CT molecular complexity index is 423. The van der Waals surface area contributed by atoms with Gasteiger partial charge in [0.15, 0.2) is 0 Å². The van der Waals surface area contributed by atoms with Crippen molar-refractivity contribution in [2.45, 2.75) is 39.5 Å². The molecule has 0 aliphatic carbocycles. The molecule has 0 saturated carbocycles. The lowest BCUT2D eigenvalue weighted by Gasteiger charge is -2.34. The summed E-state index contributed by atoms with van der Waals surface area (Å²) in [6, 6.07) is 0. The first-order valence-corrected chi connectivity index (χ1v) is 9.20. The van der Waals surface area contributed by atoms with E-state index in [2.05, 4.69) is 13.8 Å². The number of amides is 1. The Morgan fingerprint density at radius 2 is 1.57 bits per heavy atom. The summed E-state index contributed by atoms with van der Waals surface area (Å²) in [6.07, 6.45) is 3.16. The first-order valence-electron chi connectivity index (χ1n) is 7.80. The summed E-state index contributed by atoms with van der Waals surface area (Å²) in [5.41, 5.74) is 0. The maximum Gasteiger partial charge on any atom is 0.281 e. The van der Waals surface area contributed by atoms with Crippen molar-refractivity contribution >= 4 is 16.1 Å². The summed E-state index contributed by atoms with van der Waals surface area (Å²) >= 11 is 0. The Labute approximate surface area is 129 Å². The van der Waals surface area contributed by atoms with E-state index >= 15 is 0 Å². The van der Waals surface area contributed by atoms with Crippen LogP contribution in [-0.4, -0.2) is 68.1 Å². The Balaban J connectivity index is 2.61. The molecule has 6 nitrogen and oxygen atoms in total. The Kier molecular flexibility index (Phi) is 7.09. The lowest BCUT2D eigenvalue weighted by molar-refractivity contribution is -0.136. The first kappa shape index (κ1) is 18.4. The van der Waals surface area contributed by atoms with Crippen LogP contribution in [0.1, 0.15) is 39.5 Å². The lowest BCUT2D eigenvalue weighted by atomic mass is 9.96. The highest BCUT2D eigenvalue weighted by Crippen LogP contribution is 2.22. The number of carbonyl (C=O) groups is 1. The third-order valence-corrected chi connectivity index (χ3v) is 5.83. The van der Waals surface area contributed by atoms with Crippen molar-refractivity contribution in [3.8, 4) is 0 Å². The quantitative estimate of drug-likeness (QED) is 0.707. The largest absolute Gasteiger partial charge is 0.342 e. The molecule has 1 aliphatic heterocycles. The molecule has 21 heavy (non-hydrogen) atoms. The van der Waals surface area contributed by atoms with E-state index in [1.54, 1.807) is 0 Å². The van der Waals surface area contributed by atoms with Crippen LogP contribution in [0.15, 0.2) is 0 Å². The number of nitrogens with zero attached hydrogens (tertiary/aromatic N) is 3. The summed E-state index contributed by atoms with van der Waals surface area (Å²) in [6.45, 7) is 6.60. The smallest absolute Gasteiger partial charge is 0.281 e. The highest BCUT2D eigenvalue weighted by molar-refractivity contribution is 7.86. The van der Waals surface area contributed by atoms with Gasteiger partial charge in [-0.05, 0) is 25.7 Å². The van der Waals surface area contributed by atoms with Crippen molar-refractivity contribution < 1.29 is 13.2 Å². The van der Waals surface area contributed by atoms with Gasteiger partial charge < -0.3 is 4.90 Å². The lowest BCUT2D eigenvalue weighted by Crippen LogP contribution is -2.47. The van der Waals surface area contributed by atoms with E-state index in [1.807, 2.05) is 4.90 Å². The second kappa shape index (κ2) is 8.10. The van der Waals surface area contributed by atoms with Crippen molar-refractivity contribution in [1.82, 2.24) is 13.5 Å². The summed E-state index contributed by atoms with van der Waals surface area (Å²) in [5, 5.41) is 0. The topological polar surface area (TPSA) is 60.9 Å². The highest BCUT2D eigenvalue weighted by atomic mass is 32.2. The van der Waals surface area contributed by atoms with Gasteiger partial charge in [-0.2, -0.15) is 17.0 Å². The fraction of sp³-hybridized carbons (Fsp3) is 0.929. The van der Waals surface area contributed by atoms with Gasteiger partial charge in [-0.25, -0.2) is 0 Å². The molecule has 0 atom stereocenters. The van der Waals surface area contributed by atoms with Gasteiger partial charge in [-0.3, -0.25) is 4.79 Å². The van der Waals surface area contributed by atoms with E-state index in [0.717, 1.165) is 25.9 Å². The van der Waals surface area contributed by atoms with Crippen molar-refractivity contribution in [2.75, 3.05) is 40.3 Å². The summed E-state index contributed by atoms with van der Waals surface area (Å²) in [5.74, 6) is 0.164. The van der Waals surface area contributed by atoms with Crippen LogP contribution in [0.2, 0.25) is 0 Å². The van der Waals surface area contributed by atoms with Gasteiger partial charge in [0.25, 0.3) is 10.2 Å². The average molecular weight is 319 g/mol. The first-order chi connectivity index (χ1) is 9.84. The molecule has 0 aromatic heterocycles. The van der Waals surface area contributed by atoms with Crippen molar-refractivity contribution in [3.05, 3.63) is 0 Å². The monoisotopic (exact) mass is 319 g/mol. The third-order valence-electron chi connectivity index (χ3n) is 3.89. The minimum Gasteiger partial charge on any atom is -0.342 e. The fourth-order valence-electron chi connectivity index (χ4n) is 2.69. The predicted molar refractivity (Wildman–Crippen MR) is 84.1 cm³/mol. The Hall–Kier alpha value is -0.660. The molecule has 1 heterocycles. The van der Waals surface area contributed by atoms with Crippen LogP contribution in [0.4, 0.5) is 0 Å². The standard InChI is InChI=1S/C14H29N3O3S/c1-5-9-16(10-6-2)14(18)13-7-11-17(12-8-13)21(19,20)15(3)4/h13H,5-12H2,1-4H3. The molecule has 7 heteroatoms. The van der Waals surface area contributed by atoms with Crippen LogP contribution in [0.5, 0.6) is 0 Å². The molecule has 1 fully saturated rings. The Morgan fingerprint density at radius 1 is 1.10 bits per heavy atom. The molecule has 0 N–H and O–H groups in total. The van der Waals surface area contributed by atoms with E-state index in [1.165, 1.54) is 22.7 Å². The van der Waals surface area contributed by atoms with E-state index < -0.39 is 10.2 Å². The number of rotatable bonds is 7. The molecule has 0 aromatic rings. The molecular weight excluding hydrogens is 290 g/mol. The molecule has 124 valence electrons. The van der Waals surface area contributed by atoms with Gasteiger partial charge in [0.1, 0.15) is 0 Å². The zero-order valence-corrected chi connectivity index (χ0v) is 14.5. The molecule has 1 amide bonds. The molecular formula is C14H29N3O3S. The molecule has 0 spiro atoms. The molecule has 1 saturated heterocycles. The zero-order valence-electron chi connectivity index (χ0n) is 13.7. The molecule has 0 bridgehead atoms. The highest BCUT2D eigenvalue weighted by Gasteiger charge is 2.33. The van der Waals surface area contributed by atoms with Gasteiger partial charge in [0.2, 0.25) is 5.91 Å². The maximum atomic E-state index is 12.5. The second-order valence-electron chi connectivity index (χ2n) is 5.79. The molecule has 1 aliphatic rings. The summed E-state index contributed by atoms with van der Waals surface area (Å²) in [4.78, 5) is 14.4. The van der Waals surface area contributed by atoms with Crippen LogP contribution >= 0.6 is 0 Å². The normalized spacial score (nSPS) is 18.1. The van der Waals surface area contributed by atoms with Crippen LogP contribution < -0.4 is 0 Å². The van der Waals surface area contributed by atoms with E-state index in [0.29, 0.717) is 25.9 Å². The minimum atomic E-state index is -3.35. The summed E-state index contributed by atoms with van der Waals surface area (Å²) < 4.78 is 26.8. The van der Waals surface area contributed by atoms with Crippen molar-refractivity contribution in [1.29, 1.82) is 0 Å². The van der Waals surface area contributed by atoms with Gasteiger partial charge >= 0.3 is 0 Å². The SMILES string of the molecule is CCCN(CCC)C(=O)C1CCN(S(=O)(=O)N(C)C)CC1. The minimum absolute atomic E-state index is 0.0308. The van der Waals surface area contributed by atoms with Crippen LogP contribution in [0.25, 0.3) is 0 Å². The van der Waals surface area contributed by atoms with Crippen molar-refractivity contribution in [2.24, 2.45) is 5.92 Å². The van der Waals surface area contributed by atoms with E-state index in [4.69, 9.17) is 0 Å².